The zero-order valence-corrected chi connectivity index (χ0v) is 17.7. The number of fused-ring (bicyclic) bond motifs is 1. The number of β-lactam (4-membered cyclic amide) rings is 1. The molecule has 0 saturated carbocycles. The van der Waals surface area contributed by atoms with Crippen molar-refractivity contribution in [1.82, 2.24) is 9.58 Å². The summed E-state index contributed by atoms with van der Waals surface area (Å²) in [5.74, 6) is -1.13. The molecule has 1 amide bonds. The topological polar surface area (TPSA) is 162 Å². The summed E-state index contributed by atoms with van der Waals surface area (Å²) in [7, 11) is 0. The number of aromatic nitrogens is 2. The van der Waals surface area contributed by atoms with E-state index >= 15 is 0 Å². The van der Waals surface area contributed by atoms with Crippen LogP contribution in [0.3, 0.4) is 0 Å². The Morgan fingerprint density at radius 2 is 2.07 bits per heavy atom. The van der Waals surface area contributed by atoms with Gasteiger partial charge in [0.15, 0.2) is 18.6 Å². The number of rotatable bonds is 6. The van der Waals surface area contributed by atoms with Gasteiger partial charge in [0.1, 0.15) is 24.1 Å². The van der Waals surface area contributed by atoms with Gasteiger partial charge in [0.25, 0.3) is 0 Å². The lowest BCUT2D eigenvalue weighted by Crippen LogP contribution is -2.69. The molecule has 1 aromatic rings. The van der Waals surface area contributed by atoms with E-state index in [1.54, 1.807) is 16.9 Å². The van der Waals surface area contributed by atoms with Crippen LogP contribution in [-0.4, -0.2) is 61.6 Å². The van der Waals surface area contributed by atoms with Gasteiger partial charge in [0, 0.05) is 11.3 Å². The molecule has 1 aromatic heterocycles. The molecule has 0 bridgehead atoms. The second-order valence-corrected chi connectivity index (χ2v) is 7.04. The molecule has 0 spiro atoms. The van der Waals surface area contributed by atoms with Crippen LogP contribution in [0.5, 0.6) is 0 Å². The van der Waals surface area contributed by atoms with Gasteiger partial charge < -0.3 is 31.6 Å². The Morgan fingerprint density at radius 1 is 1.43 bits per heavy atom. The number of aliphatic hydroxyl groups excluding tert-OH is 2. The molecular formula is C14H22Cl3N5O5S. The van der Waals surface area contributed by atoms with Crippen LogP contribution >= 0.6 is 49.0 Å². The molecule has 1 unspecified atom stereocenters. The molecule has 160 valence electrons. The summed E-state index contributed by atoms with van der Waals surface area (Å²) in [6.07, 6.45) is 0.635. The minimum Gasteiger partial charge on any atom is -0.543 e. The largest absolute Gasteiger partial charge is 0.543 e. The number of amides is 1. The number of hydrogen-bond donors (Lipinski definition) is 4. The Balaban J connectivity index is 0.00000243. The van der Waals surface area contributed by atoms with Crippen LogP contribution in [-0.2, 0) is 22.7 Å². The predicted molar refractivity (Wildman–Crippen MR) is 107 cm³/mol. The third kappa shape index (κ3) is 4.67. The van der Waals surface area contributed by atoms with Crippen LogP contribution in [0.25, 0.3) is 0 Å². The number of halogens is 3. The SMILES string of the molecule is Cl.Cl.Cl.Nc1cc[n+](CC2=C(C(=O)[O-])N3C(=O)[C@@H](N)[C@H]3SC2)n1CC(O)CO. The van der Waals surface area contributed by atoms with E-state index in [9.17, 15) is 19.8 Å². The Labute approximate surface area is 183 Å². The fourth-order valence-electron chi connectivity index (χ4n) is 2.97. The van der Waals surface area contributed by atoms with E-state index in [-0.39, 0.29) is 61.4 Å². The summed E-state index contributed by atoms with van der Waals surface area (Å²) in [5, 5.41) is 29.9. The van der Waals surface area contributed by atoms with Gasteiger partial charge in [0.05, 0.1) is 24.3 Å². The maximum Gasteiger partial charge on any atom is 0.248 e. The summed E-state index contributed by atoms with van der Waals surface area (Å²) in [6.45, 7) is -0.230. The number of aliphatic hydroxyl groups is 2. The first kappa shape index (κ1) is 26.8. The van der Waals surface area contributed by atoms with Gasteiger partial charge in [-0.15, -0.1) is 58.3 Å². The average Bonchev–Trinajstić information content (AvgIpc) is 2.93. The van der Waals surface area contributed by atoms with Gasteiger partial charge in [-0.2, -0.15) is 0 Å². The molecule has 3 rings (SSSR count). The molecular weight excluding hydrogens is 457 g/mol. The van der Waals surface area contributed by atoms with Gasteiger partial charge in [-0.25, -0.2) is 0 Å². The number of carbonyl (C=O) groups excluding carboxylic acids is 2. The highest BCUT2D eigenvalue weighted by atomic mass is 35.5. The van der Waals surface area contributed by atoms with Crippen molar-refractivity contribution in [2.45, 2.75) is 30.6 Å². The van der Waals surface area contributed by atoms with Gasteiger partial charge in [0.2, 0.25) is 5.91 Å². The Bertz CT molecular complexity index is 762. The molecule has 0 aromatic carbocycles. The van der Waals surface area contributed by atoms with E-state index in [0.717, 1.165) is 0 Å². The molecule has 2 aliphatic rings. The summed E-state index contributed by atoms with van der Waals surface area (Å²) in [6, 6.07) is 0.903. The molecule has 0 radical (unpaired) electrons. The van der Waals surface area contributed by atoms with E-state index in [0.29, 0.717) is 17.1 Å². The number of carboxylic acid groups (broad SMARTS) is 1. The Kier molecular flexibility index (Phi) is 10.1. The van der Waals surface area contributed by atoms with E-state index < -0.39 is 30.6 Å². The highest BCUT2D eigenvalue weighted by molar-refractivity contribution is 8.00. The maximum absolute atomic E-state index is 11.9. The molecule has 2 aliphatic heterocycles. The molecule has 1 fully saturated rings. The third-order valence-corrected chi connectivity index (χ3v) is 5.62. The first-order valence-electron chi connectivity index (χ1n) is 7.62. The van der Waals surface area contributed by atoms with Gasteiger partial charge in [-0.1, -0.05) is 0 Å². The van der Waals surface area contributed by atoms with Gasteiger partial charge in [-0.05, 0) is 0 Å². The zero-order valence-electron chi connectivity index (χ0n) is 14.5. The highest BCUT2D eigenvalue weighted by Gasteiger charge is 2.50. The summed E-state index contributed by atoms with van der Waals surface area (Å²) in [5.41, 5.74) is 11.9. The quantitative estimate of drug-likeness (QED) is 0.252. The summed E-state index contributed by atoms with van der Waals surface area (Å²) in [4.78, 5) is 24.7. The average molecular weight is 479 g/mol. The monoisotopic (exact) mass is 477 g/mol. The number of anilines is 1. The smallest absolute Gasteiger partial charge is 0.248 e. The number of nitrogen functional groups attached to an aromatic ring is 1. The Morgan fingerprint density at radius 3 is 2.64 bits per heavy atom. The van der Waals surface area contributed by atoms with Crippen molar-refractivity contribution in [2.75, 3.05) is 18.1 Å². The van der Waals surface area contributed by atoms with Crippen LogP contribution < -0.4 is 21.3 Å². The molecule has 6 N–H and O–H groups in total. The highest BCUT2D eigenvalue weighted by Crippen LogP contribution is 2.39. The van der Waals surface area contributed by atoms with Crippen molar-refractivity contribution in [1.29, 1.82) is 0 Å². The number of nitrogens with zero attached hydrogens (tertiary/aromatic N) is 3. The van der Waals surface area contributed by atoms with Gasteiger partial charge in [-0.3, -0.25) is 9.69 Å². The lowest BCUT2D eigenvalue weighted by atomic mass is 10.0. The Hall–Kier alpha value is -1.21. The van der Waals surface area contributed by atoms with Crippen LogP contribution in [0.1, 0.15) is 0 Å². The predicted octanol–water partition coefficient (Wildman–Crippen LogP) is -2.78. The van der Waals surface area contributed by atoms with Crippen molar-refractivity contribution in [3.05, 3.63) is 23.5 Å². The number of nitrogens with two attached hydrogens (primary N) is 2. The van der Waals surface area contributed by atoms with Crippen molar-refractivity contribution in [3.63, 3.8) is 0 Å². The minimum atomic E-state index is -1.43. The molecule has 0 aliphatic carbocycles. The van der Waals surface area contributed by atoms with Gasteiger partial charge >= 0.3 is 0 Å². The van der Waals surface area contributed by atoms with Crippen molar-refractivity contribution in [3.8, 4) is 0 Å². The fraction of sp³-hybridized carbons (Fsp3) is 0.500. The van der Waals surface area contributed by atoms with Crippen LogP contribution in [0, 0.1) is 0 Å². The molecule has 3 atom stereocenters. The van der Waals surface area contributed by atoms with Crippen molar-refractivity contribution in [2.24, 2.45) is 5.73 Å². The van der Waals surface area contributed by atoms with E-state index in [1.165, 1.54) is 21.3 Å². The van der Waals surface area contributed by atoms with Crippen LogP contribution in [0.2, 0.25) is 0 Å². The normalized spacial score (nSPS) is 21.5. The van der Waals surface area contributed by atoms with E-state index in [4.69, 9.17) is 16.6 Å². The second-order valence-electron chi connectivity index (χ2n) is 5.93. The molecule has 14 heteroatoms. The molecule has 10 nitrogen and oxygen atoms in total. The number of carboxylic acids is 1. The zero-order chi connectivity index (χ0) is 18.3. The standard InChI is InChI=1S/C14H19N5O5S.3ClH/c15-9-1-2-17(18(9)4-8(21)5-20)3-7-6-25-13-10(16)12(22)19(13)11(7)14(23)24;;;/h1-2,8,10,13,15,20-21H,3-6,16H2,(H,23,24);3*1H/t8?,10-,13-;;;/m1.../s1. The first-order valence-corrected chi connectivity index (χ1v) is 8.67. The third-order valence-electron chi connectivity index (χ3n) is 4.25. The van der Waals surface area contributed by atoms with Crippen molar-refractivity contribution < 1.29 is 29.6 Å². The number of aliphatic carboxylic acids is 1. The minimum absolute atomic E-state index is 0. The summed E-state index contributed by atoms with van der Waals surface area (Å²) < 4.78 is 3.15. The number of hydrogen-bond acceptors (Lipinski definition) is 8. The molecule has 3 heterocycles. The molecule has 1 saturated heterocycles. The van der Waals surface area contributed by atoms with Crippen LogP contribution in [0.4, 0.5) is 5.82 Å². The van der Waals surface area contributed by atoms with Crippen molar-refractivity contribution >= 4 is 66.7 Å². The van der Waals surface area contributed by atoms with Crippen LogP contribution in [0.15, 0.2) is 23.5 Å². The number of thioether (sulfide) groups is 1. The number of carbonyl (C=O) groups is 2. The second kappa shape index (κ2) is 10.5. The lowest BCUT2D eigenvalue weighted by molar-refractivity contribution is -0.768. The van der Waals surface area contributed by atoms with E-state index in [1.807, 2.05) is 0 Å². The lowest BCUT2D eigenvalue weighted by Gasteiger charge is -2.49. The maximum atomic E-state index is 11.9. The fourth-order valence-corrected chi connectivity index (χ4v) is 4.25. The molecule has 28 heavy (non-hydrogen) atoms. The summed E-state index contributed by atoms with van der Waals surface area (Å²) >= 11 is 1.39. The van der Waals surface area contributed by atoms with E-state index in [2.05, 4.69) is 0 Å². The first-order chi connectivity index (χ1) is 11.8.